The van der Waals surface area contributed by atoms with Gasteiger partial charge in [0.05, 0.1) is 18.2 Å². The van der Waals surface area contributed by atoms with Crippen LogP contribution in [0.1, 0.15) is 20.7 Å². The van der Waals surface area contributed by atoms with Crippen molar-refractivity contribution in [2.45, 2.75) is 0 Å². The van der Waals surface area contributed by atoms with Gasteiger partial charge in [0, 0.05) is 5.39 Å². The molecule has 0 amide bonds. The van der Waals surface area contributed by atoms with Crippen molar-refractivity contribution in [3.8, 4) is 0 Å². The van der Waals surface area contributed by atoms with Crippen LogP contribution in [0.5, 0.6) is 0 Å². The summed E-state index contributed by atoms with van der Waals surface area (Å²) in [5, 5.41) is 21.7. The van der Waals surface area contributed by atoms with Gasteiger partial charge in [-0.1, -0.05) is 36.4 Å². The van der Waals surface area contributed by atoms with Crippen molar-refractivity contribution in [2.75, 3.05) is 0 Å². The maximum absolute atomic E-state index is 10.3. The zero-order valence-electron chi connectivity index (χ0n) is 10.8. The molecule has 0 spiro atoms. The summed E-state index contributed by atoms with van der Waals surface area (Å²) in [5.41, 5.74) is 0.617. The summed E-state index contributed by atoms with van der Waals surface area (Å²) in [7, 11) is 0. The standard InChI is InChI=1S/C8H6O4.C8H6O/c9-7(10)5-2-1-3-6(4-5)8(11)12;1-2-4-8-7(3-1)5-6-9-8/h1-4H,(H,9,10)(H,11,12);1-6H/p-2. The predicted molar refractivity (Wildman–Crippen MR) is 71.3 cm³/mol. The zero-order valence-corrected chi connectivity index (χ0v) is 10.8. The van der Waals surface area contributed by atoms with Crippen LogP contribution in [0.25, 0.3) is 11.0 Å². The largest absolute Gasteiger partial charge is 0.545 e. The van der Waals surface area contributed by atoms with Crippen LogP contribution in [0, 0.1) is 0 Å². The Morgan fingerprint density at radius 2 is 1.43 bits per heavy atom. The molecule has 5 heteroatoms. The molecule has 0 N–H and O–H groups in total. The molecular formula is C16H10O5-2. The zero-order chi connectivity index (χ0) is 15.2. The van der Waals surface area contributed by atoms with Crippen molar-refractivity contribution >= 4 is 22.9 Å². The second-order valence-corrected chi connectivity index (χ2v) is 4.11. The normalized spacial score (nSPS) is 9.71. The Morgan fingerprint density at radius 3 is 2.00 bits per heavy atom. The van der Waals surface area contributed by atoms with Crippen molar-refractivity contribution in [1.29, 1.82) is 0 Å². The fourth-order valence-electron chi connectivity index (χ4n) is 1.68. The molecule has 0 aliphatic heterocycles. The second-order valence-electron chi connectivity index (χ2n) is 4.11. The minimum atomic E-state index is -1.40. The lowest BCUT2D eigenvalue weighted by Crippen LogP contribution is -2.25. The molecule has 0 fully saturated rings. The summed E-state index contributed by atoms with van der Waals surface area (Å²) < 4.78 is 5.12. The SMILES string of the molecule is O=C([O-])c1cccc(C(=O)[O-])c1.c1ccc2occc2c1. The van der Waals surface area contributed by atoms with E-state index in [1.165, 1.54) is 18.2 Å². The van der Waals surface area contributed by atoms with Gasteiger partial charge in [-0.05, 0) is 29.3 Å². The molecule has 2 aromatic carbocycles. The number of carboxylic acid groups (broad SMARTS) is 2. The third kappa shape index (κ3) is 3.70. The maximum atomic E-state index is 10.3. The van der Waals surface area contributed by atoms with Crippen molar-refractivity contribution < 1.29 is 24.2 Å². The first-order chi connectivity index (χ1) is 10.1. The van der Waals surface area contributed by atoms with E-state index in [-0.39, 0.29) is 11.1 Å². The summed E-state index contributed by atoms with van der Waals surface area (Å²) in [6.45, 7) is 0. The highest BCUT2D eigenvalue weighted by atomic mass is 16.4. The van der Waals surface area contributed by atoms with Gasteiger partial charge in [0.25, 0.3) is 0 Å². The van der Waals surface area contributed by atoms with Gasteiger partial charge in [0.2, 0.25) is 0 Å². The van der Waals surface area contributed by atoms with E-state index in [2.05, 4.69) is 0 Å². The number of para-hydroxylation sites is 1. The number of carbonyl (C=O) groups excluding carboxylic acids is 2. The van der Waals surface area contributed by atoms with Crippen molar-refractivity contribution in [3.63, 3.8) is 0 Å². The average Bonchev–Trinajstić information content (AvgIpc) is 2.96. The summed E-state index contributed by atoms with van der Waals surface area (Å²) in [6.07, 6.45) is 1.70. The smallest absolute Gasteiger partial charge is 0.133 e. The summed E-state index contributed by atoms with van der Waals surface area (Å²) in [6, 6.07) is 14.7. The van der Waals surface area contributed by atoms with Crippen LogP contribution in [0.3, 0.4) is 0 Å². The number of benzene rings is 2. The molecule has 0 aliphatic carbocycles. The lowest BCUT2D eigenvalue weighted by atomic mass is 10.1. The van der Waals surface area contributed by atoms with Crippen molar-refractivity contribution in [1.82, 2.24) is 0 Å². The van der Waals surface area contributed by atoms with E-state index in [0.717, 1.165) is 17.0 Å². The Balaban J connectivity index is 0.000000159. The van der Waals surface area contributed by atoms with Gasteiger partial charge < -0.3 is 24.2 Å². The summed E-state index contributed by atoms with van der Waals surface area (Å²) >= 11 is 0. The molecule has 106 valence electrons. The first-order valence-electron chi connectivity index (χ1n) is 6.03. The van der Waals surface area contributed by atoms with Crippen molar-refractivity contribution in [2.24, 2.45) is 0 Å². The molecule has 0 saturated carbocycles. The monoisotopic (exact) mass is 282 g/mol. The fraction of sp³-hybridized carbons (Fsp3) is 0. The van der Waals surface area contributed by atoms with Gasteiger partial charge in [-0.25, -0.2) is 0 Å². The number of rotatable bonds is 2. The number of fused-ring (bicyclic) bond motifs is 1. The van der Waals surface area contributed by atoms with Gasteiger partial charge in [0.1, 0.15) is 5.58 Å². The summed E-state index contributed by atoms with van der Waals surface area (Å²) in [4.78, 5) is 20.5. The minimum absolute atomic E-state index is 0.170. The maximum Gasteiger partial charge on any atom is 0.133 e. The Labute approximate surface area is 120 Å². The molecule has 1 heterocycles. The van der Waals surface area contributed by atoms with Crippen LogP contribution in [0.4, 0.5) is 0 Å². The highest BCUT2D eigenvalue weighted by Gasteiger charge is 1.96. The van der Waals surface area contributed by atoms with E-state index in [1.807, 2.05) is 30.3 Å². The Bertz CT molecular complexity index is 713. The Kier molecular flexibility index (Phi) is 4.36. The molecule has 0 atom stereocenters. The highest BCUT2D eigenvalue weighted by Crippen LogP contribution is 2.12. The fourth-order valence-corrected chi connectivity index (χ4v) is 1.68. The highest BCUT2D eigenvalue weighted by molar-refractivity contribution is 5.91. The molecule has 3 rings (SSSR count). The number of carboxylic acids is 2. The topological polar surface area (TPSA) is 93.4 Å². The number of hydrogen-bond donors (Lipinski definition) is 0. The van der Waals surface area contributed by atoms with Crippen LogP contribution in [0.15, 0.2) is 65.3 Å². The Morgan fingerprint density at radius 1 is 0.810 bits per heavy atom. The van der Waals surface area contributed by atoms with E-state index in [1.54, 1.807) is 6.26 Å². The van der Waals surface area contributed by atoms with Gasteiger partial charge >= 0.3 is 0 Å². The van der Waals surface area contributed by atoms with Gasteiger partial charge in [-0.2, -0.15) is 0 Å². The third-order valence-electron chi connectivity index (χ3n) is 2.70. The van der Waals surface area contributed by atoms with Gasteiger partial charge in [0.15, 0.2) is 0 Å². The van der Waals surface area contributed by atoms with Crippen LogP contribution < -0.4 is 10.2 Å². The van der Waals surface area contributed by atoms with Crippen LogP contribution >= 0.6 is 0 Å². The summed E-state index contributed by atoms with van der Waals surface area (Å²) in [5.74, 6) is -2.81. The quantitative estimate of drug-likeness (QED) is 0.694. The number of carbonyl (C=O) groups is 2. The van der Waals surface area contributed by atoms with Crippen molar-refractivity contribution in [3.05, 3.63) is 72.0 Å². The molecule has 0 aliphatic rings. The molecule has 1 aromatic heterocycles. The van der Waals surface area contributed by atoms with E-state index in [9.17, 15) is 19.8 Å². The second kappa shape index (κ2) is 6.38. The third-order valence-corrected chi connectivity index (χ3v) is 2.70. The molecular weight excluding hydrogens is 272 g/mol. The van der Waals surface area contributed by atoms with Crippen LogP contribution in [-0.4, -0.2) is 11.9 Å². The lowest BCUT2D eigenvalue weighted by Gasteiger charge is -2.05. The molecule has 5 nitrogen and oxygen atoms in total. The van der Waals surface area contributed by atoms with Crippen LogP contribution in [0.2, 0.25) is 0 Å². The number of aromatic carboxylic acids is 2. The molecule has 21 heavy (non-hydrogen) atoms. The van der Waals surface area contributed by atoms with E-state index >= 15 is 0 Å². The molecule has 0 radical (unpaired) electrons. The predicted octanol–water partition coefficient (Wildman–Crippen LogP) is 0.846. The molecule has 0 bridgehead atoms. The first-order valence-corrected chi connectivity index (χ1v) is 6.03. The number of hydrogen-bond acceptors (Lipinski definition) is 5. The van der Waals surface area contributed by atoms with E-state index in [0.29, 0.717) is 0 Å². The van der Waals surface area contributed by atoms with Gasteiger partial charge in [-0.15, -0.1) is 0 Å². The molecule has 0 saturated heterocycles. The first kappa shape index (κ1) is 14.3. The molecule has 3 aromatic rings. The molecule has 0 unspecified atom stereocenters. The average molecular weight is 282 g/mol. The van der Waals surface area contributed by atoms with E-state index < -0.39 is 11.9 Å². The lowest BCUT2D eigenvalue weighted by molar-refractivity contribution is -0.255. The number of furan rings is 1. The van der Waals surface area contributed by atoms with Gasteiger partial charge in [-0.3, -0.25) is 0 Å². The Hall–Kier alpha value is -3.08. The minimum Gasteiger partial charge on any atom is -0.545 e. The van der Waals surface area contributed by atoms with E-state index in [4.69, 9.17) is 4.42 Å². The van der Waals surface area contributed by atoms with Crippen LogP contribution in [-0.2, 0) is 0 Å².